The summed E-state index contributed by atoms with van der Waals surface area (Å²) in [7, 11) is -1.81. The maximum absolute atomic E-state index is 12.8. The third kappa shape index (κ3) is 5.02. The van der Waals surface area contributed by atoms with E-state index in [0.717, 1.165) is 16.7 Å². The van der Waals surface area contributed by atoms with Gasteiger partial charge in [0.05, 0.1) is 21.6 Å². The van der Waals surface area contributed by atoms with Gasteiger partial charge in [-0.3, -0.25) is 9.48 Å². The molecule has 2 aromatic rings. The Morgan fingerprint density at radius 2 is 1.90 bits per heavy atom. The van der Waals surface area contributed by atoms with Crippen molar-refractivity contribution in [2.24, 2.45) is 5.92 Å². The Balaban J connectivity index is 1.60. The molecular formula is C19H24BrClN4O3S. The number of hydrogen-bond acceptors (Lipinski definition) is 4. The molecule has 2 heterocycles. The number of amides is 1. The van der Waals surface area contributed by atoms with Gasteiger partial charge in [-0.1, -0.05) is 11.6 Å². The average Bonchev–Trinajstić information content (AvgIpc) is 3.07. The van der Waals surface area contributed by atoms with Gasteiger partial charge in [0.25, 0.3) is 0 Å². The Morgan fingerprint density at radius 3 is 2.45 bits per heavy atom. The van der Waals surface area contributed by atoms with Gasteiger partial charge >= 0.3 is 0 Å². The van der Waals surface area contributed by atoms with E-state index in [2.05, 4.69) is 21.0 Å². The Hall–Kier alpha value is -1.42. The molecule has 1 amide bonds. The second kappa shape index (κ2) is 9.16. The van der Waals surface area contributed by atoms with Crippen LogP contribution in [0.2, 0.25) is 5.02 Å². The minimum absolute atomic E-state index is 0.0199. The fraction of sp³-hybridized carbons (Fsp3) is 0.474. The van der Waals surface area contributed by atoms with Crippen molar-refractivity contribution in [2.75, 3.05) is 20.1 Å². The summed E-state index contributed by atoms with van der Waals surface area (Å²) < 4.78 is 29.7. The number of carbonyl (C=O) groups excluding carboxylic acids is 1. The topological polar surface area (TPSA) is 75.5 Å². The minimum atomic E-state index is -3.57. The summed E-state index contributed by atoms with van der Waals surface area (Å²) in [5.74, 6) is -0.171. The van der Waals surface area contributed by atoms with Crippen LogP contribution in [0.5, 0.6) is 0 Å². The second-order valence-electron chi connectivity index (χ2n) is 7.11. The molecule has 1 aromatic carbocycles. The number of benzene rings is 1. The smallest absolute Gasteiger partial charge is 0.243 e. The van der Waals surface area contributed by atoms with Gasteiger partial charge in [-0.15, -0.1) is 0 Å². The highest BCUT2D eigenvalue weighted by molar-refractivity contribution is 9.10. The number of halogens is 2. The summed E-state index contributed by atoms with van der Waals surface area (Å²) in [6.45, 7) is 3.82. The highest BCUT2D eigenvalue weighted by Crippen LogP contribution is 2.26. The summed E-state index contributed by atoms with van der Waals surface area (Å²) in [4.78, 5) is 14.7. The van der Waals surface area contributed by atoms with Crippen LogP contribution in [0.1, 0.15) is 25.5 Å². The van der Waals surface area contributed by atoms with E-state index in [0.29, 0.717) is 37.5 Å². The van der Waals surface area contributed by atoms with Crippen LogP contribution < -0.4 is 0 Å². The van der Waals surface area contributed by atoms with Gasteiger partial charge < -0.3 is 4.90 Å². The summed E-state index contributed by atoms with van der Waals surface area (Å²) in [6, 6.07) is 6.15. The Labute approximate surface area is 184 Å². The van der Waals surface area contributed by atoms with Crippen LogP contribution in [0, 0.1) is 5.92 Å². The first-order chi connectivity index (χ1) is 13.7. The maximum atomic E-state index is 12.8. The molecule has 0 N–H and O–H groups in total. The number of hydrogen-bond donors (Lipinski definition) is 0. The van der Waals surface area contributed by atoms with E-state index in [1.807, 2.05) is 17.8 Å². The number of sulfonamides is 1. The van der Waals surface area contributed by atoms with E-state index >= 15 is 0 Å². The molecule has 1 aliphatic rings. The van der Waals surface area contributed by atoms with Crippen LogP contribution in [-0.4, -0.2) is 53.4 Å². The van der Waals surface area contributed by atoms with Crippen molar-refractivity contribution in [1.82, 2.24) is 19.0 Å². The molecule has 0 atom stereocenters. The van der Waals surface area contributed by atoms with Gasteiger partial charge in [-0.05, 0) is 60.0 Å². The largest absolute Gasteiger partial charge is 0.340 e. The lowest BCUT2D eigenvalue weighted by Crippen LogP contribution is -2.43. The van der Waals surface area contributed by atoms with Gasteiger partial charge in [0.2, 0.25) is 15.9 Å². The number of nitrogens with zero attached hydrogens (tertiary/aromatic N) is 4. The quantitative estimate of drug-likeness (QED) is 0.606. The summed E-state index contributed by atoms with van der Waals surface area (Å²) in [6.07, 6.45) is 2.90. The zero-order chi connectivity index (χ0) is 21.2. The highest BCUT2D eigenvalue weighted by atomic mass is 79.9. The van der Waals surface area contributed by atoms with Crippen molar-refractivity contribution in [3.8, 4) is 0 Å². The fourth-order valence-corrected chi connectivity index (χ4v) is 5.46. The van der Waals surface area contributed by atoms with E-state index in [9.17, 15) is 13.2 Å². The molecule has 1 aromatic heterocycles. The molecule has 10 heteroatoms. The average molecular weight is 504 g/mol. The summed E-state index contributed by atoms with van der Waals surface area (Å²) in [5.41, 5.74) is 0.811. The molecule has 1 aliphatic heterocycles. The van der Waals surface area contributed by atoms with Gasteiger partial charge in [0.1, 0.15) is 0 Å². The summed E-state index contributed by atoms with van der Waals surface area (Å²) >= 11 is 9.33. The Morgan fingerprint density at radius 1 is 1.28 bits per heavy atom. The third-order valence-electron chi connectivity index (χ3n) is 5.13. The molecule has 1 saturated heterocycles. The molecule has 1 fully saturated rings. The van der Waals surface area contributed by atoms with Crippen LogP contribution in [-0.2, 0) is 27.9 Å². The first-order valence-electron chi connectivity index (χ1n) is 9.45. The molecule has 0 aliphatic carbocycles. The molecular weight excluding hydrogens is 480 g/mol. The number of rotatable bonds is 6. The van der Waals surface area contributed by atoms with Gasteiger partial charge in [-0.25, -0.2) is 8.42 Å². The first kappa shape index (κ1) is 22.3. The predicted molar refractivity (Wildman–Crippen MR) is 115 cm³/mol. The molecule has 0 spiro atoms. The van der Waals surface area contributed by atoms with Crippen LogP contribution >= 0.6 is 27.5 Å². The Kier molecular flexibility index (Phi) is 7.03. The SMILES string of the molecule is CCn1cc(Br)c(CN(C)C(=O)C2CCN(S(=O)(=O)c3ccc(Cl)cc3)CC2)n1. The van der Waals surface area contributed by atoms with Gasteiger partial charge in [0, 0.05) is 43.8 Å². The standard InChI is InChI=1S/C19H24BrClN4O3S/c1-3-24-12-17(20)18(22-24)13-23(2)19(26)14-8-10-25(11-9-14)29(27,28)16-6-4-15(21)5-7-16/h4-7,12,14H,3,8-11,13H2,1-2H3. The normalized spacial score (nSPS) is 16.1. The number of aryl methyl sites for hydroxylation is 1. The first-order valence-corrected chi connectivity index (χ1v) is 12.1. The zero-order valence-corrected chi connectivity index (χ0v) is 19.5. The lowest BCUT2D eigenvalue weighted by Gasteiger charge is -2.32. The van der Waals surface area contributed by atoms with Crippen LogP contribution in [0.3, 0.4) is 0 Å². The number of piperidine rings is 1. The lowest BCUT2D eigenvalue weighted by molar-refractivity contribution is -0.136. The van der Waals surface area contributed by atoms with Crippen molar-refractivity contribution in [3.63, 3.8) is 0 Å². The van der Waals surface area contributed by atoms with Crippen LogP contribution in [0.25, 0.3) is 0 Å². The molecule has 29 heavy (non-hydrogen) atoms. The van der Waals surface area contributed by atoms with E-state index in [4.69, 9.17) is 11.6 Å². The fourth-order valence-electron chi connectivity index (χ4n) is 3.42. The number of aromatic nitrogens is 2. The predicted octanol–water partition coefficient (Wildman–Crippen LogP) is 3.38. The van der Waals surface area contributed by atoms with E-state index in [1.54, 1.807) is 24.1 Å². The van der Waals surface area contributed by atoms with Crippen LogP contribution in [0.15, 0.2) is 39.8 Å². The molecule has 7 nitrogen and oxygen atoms in total. The second-order valence-corrected chi connectivity index (χ2v) is 10.3. The van der Waals surface area contributed by atoms with E-state index < -0.39 is 10.0 Å². The monoisotopic (exact) mass is 502 g/mol. The minimum Gasteiger partial charge on any atom is -0.340 e. The molecule has 0 unspecified atom stereocenters. The lowest BCUT2D eigenvalue weighted by atomic mass is 9.96. The third-order valence-corrected chi connectivity index (χ3v) is 7.96. The van der Waals surface area contributed by atoms with Crippen molar-refractivity contribution < 1.29 is 13.2 Å². The molecule has 0 saturated carbocycles. The van der Waals surface area contributed by atoms with Crippen molar-refractivity contribution in [2.45, 2.75) is 37.8 Å². The molecule has 0 radical (unpaired) electrons. The number of carbonyl (C=O) groups is 1. The Bertz CT molecular complexity index is 970. The molecule has 158 valence electrons. The highest BCUT2D eigenvalue weighted by Gasteiger charge is 2.33. The van der Waals surface area contributed by atoms with Gasteiger partial charge in [-0.2, -0.15) is 9.40 Å². The van der Waals surface area contributed by atoms with Crippen molar-refractivity contribution in [3.05, 3.63) is 45.7 Å². The zero-order valence-electron chi connectivity index (χ0n) is 16.4. The summed E-state index contributed by atoms with van der Waals surface area (Å²) in [5, 5.41) is 4.95. The van der Waals surface area contributed by atoms with Crippen molar-refractivity contribution in [1.29, 1.82) is 0 Å². The van der Waals surface area contributed by atoms with Gasteiger partial charge in [0.15, 0.2) is 0 Å². The van der Waals surface area contributed by atoms with E-state index in [-0.39, 0.29) is 16.7 Å². The van der Waals surface area contributed by atoms with Crippen LogP contribution in [0.4, 0.5) is 0 Å². The van der Waals surface area contributed by atoms with E-state index in [1.165, 1.54) is 16.4 Å². The maximum Gasteiger partial charge on any atom is 0.243 e. The molecule has 3 rings (SSSR count). The molecule has 0 bridgehead atoms. The van der Waals surface area contributed by atoms with Crippen molar-refractivity contribution >= 4 is 43.5 Å².